The van der Waals surface area contributed by atoms with Gasteiger partial charge in [0.2, 0.25) is 0 Å². The fraction of sp³-hybridized carbons (Fsp3) is 0.286. The summed E-state index contributed by atoms with van der Waals surface area (Å²) in [5.74, 6) is -0.451. The summed E-state index contributed by atoms with van der Waals surface area (Å²) < 4.78 is 6.80. The van der Waals surface area contributed by atoms with E-state index in [1.807, 2.05) is 12.3 Å². The molecule has 112 valence electrons. The number of carbonyl (C=O) groups is 1. The number of halogens is 1. The van der Waals surface area contributed by atoms with E-state index in [0.717, 1.165) is 0 Å². The van der Waals surface area contributed by atoms with Gasteiger partial charge in [0.25, 0.3) is 0 Å². The van der Waals surface area contributed by atoms with Crippen molar-refractivity contribution in [2.24, 2.45) is 0 Å². The van der Waals surface area contributed by atoms with Gasteiger partial charge in [0, 0.05) is 24.6 Å². The SMILES string of the molecule is CCOC(=O)c1cc(N)cc(Cl)c1NCCn1cccn1. The molecule has 2 rings (SSSR count). The molecule has 0 fully saturated rings. The number of esters is 1. The molecule has 0 bridgehead atoms. The maximum atomic E-state index is 12.0. The highest BCUT2D eigenvalue weighted by molar-refractivity contribution is 6.34. The highest BCUT2D eigenvalue weighted by Gasteiger charge is 2.16. The van der Waals surface area contributed by atoms with Crippen LogP contribution in [0.15, 0.2) is 30.6 Å². The molecule has 2 aromatic rings. The van der Waals surface area contributed by atoms with Crippen molar-refractivity contribution >= 4 is 28.9 Å². The Morgan fingerprint density at radius 3 is 3.00 bits per heavy atom. The number of nitrogens with two attached hydrogens (primary N) is 1. The van der Waals surface area contributed by atoms with Crippen molar-refractivity contribution in [3.8, 4) is 0 Å². The molecular weight excluding hydrogens is 292 g/mol. The van der Waals surface area contributed by atoms with Crippen molar-refractivity contribution in [2.45, 2.75) is 13.5 Å². The number of aromatic nitrogens is 2. The van der Waals surface area contributed by atoms with E-state index in [-0.39, 0.29) is 6.61 Å². The smallest absolute Gasteiger partial charge is 0.340 e. The topological polar surface area (TPSA) is 82.2 Å². The van der Waals surface area contributed by atoms with Gasteiger partial charge in [0.15, 0.2) is 0 Å². The molecule has 7 heteroatoms. The van der Waals surface area contributed by atoms with Gasteiger partial charge < -0.3 is 15.8 Å². The Hall–Kier alpha value is -2.21. The predicted octanol–water partition coefficient (Wildman–Crippen LogP) is 2.41. The van der Waals surface area contributed by atoms with Crippen molar-refractivity contribution in [2.75, 3.05) is 24.2 Å². The average molecular weight is 309 g/mol. The summed E-state index contributed by atoms with van der Waals surface area (Å²) in [5, 5.41) is 7.63. The van der Waals surface area contributed by atoms with Gasteiger partial charge in [-0.25, -0.2) is 4.79 Å². The molecule has 3 N–H and O–H groups in total. The second-order valence-electron chi connectivity index (χ2n) is 4.34. The Morgan fingerprint density at radius 1 is 1.52 bits per heavy atom. The second kappa shape index (κ2) is 6.99. The maximum absolute atomic E-state index is 12.0. The molecule has 0 radical (unpaired) electrons. The fourth-order valence-corrected chi connectivity index (χ4v) is 2.20. The third kappa shape index (κ3) is 3.88. The van der Waals surface area contributed by atoms with Crippen LogP contribution in [0.4, 0.5) is 11.4 Å². The lowest BCUT2D eigenvalue weighted by molar-refractivity contribution is 0.0527. The van der Waals surface area contributed by atoms with E-state index < -0.39 is 5.97 Å². The van der Waals surface area contributed by atoms with Gasteiger partial charge in [0.05, 0.1) is 29.4 Å². The highest BCUT2D eigenvalue weighted by atomic mass is 35.5. The number of nitrogen functional groups attached to an aromatic ring is 1. The minimum absolute atomic E-state index is 0.290. The van der Waals surface area contributed by atoms with Crippen LogP contribution in [0.25, 0.3) is 0 Å². The quantitative estimate of drug-likeness (QED) is 0.632. The largest absolute Gasteiger partial charge is 0.462 e. The van der Waals surface area contributed by atoms with Gasteiger partial charge in [0.1, 0.15) is 0 Å². The molecule has 6 nitrogen and oxygen atoms in total. The number of rotatable bonds is 6. The van der Waals surface area contributed by atoms with Crippen molar-refractivity contribution in [3.05, 3.63) is 41.2 Å². The number of nitrogens with zero attached hydrogens (tertiary/aromatic N) is 2. The molecule has 0 aliphatic carbocycles. The van der Waals surface area contributed by atoms with E-state index in [9.17, 15) is 4.79 Å². The van der Waals surface area contributed by atoms with Crippen LogP contribution in [-0.4, -0.2) is 28.9 Å². The van der Waals surface area contributed by atoms with Crippen molar-refractivity contribution < 1.29 is 9.53 Å². The lowest BCUT2D eigenvalue weighted by Crippen LogP contribution is -2.15. The van der Waals surface area contributed by atoms with Crippen LogP contribution in [0.2, 0.25) is 5.02 Å². The first-order valence-electron chi connectivity index (χ1n) is 6.59. The summed E-state index contributed by atoms with van der Waals surface area (Å²) in [5.41, 5.74) is 7.01. The minimum Gasteiger partial charge on any atom is -0.462 e. The summed E-state index contributed by atoms with van der Waals surface area (Å²) >= 11 is 6.17. The van der Waals surface area contributed by atoms with E-state index in [2.05, 4.69) is 10.4 Å². The average Bonchev–Trinajstić information content (AvgIpc) is 2.94. The van der Waals surface area contributed by atoms with Crippen LogP contribution in [0.1, 0.15) is 17.3 Å². The van der Waals surface area contributed by atoms with Crippen LogP contribution < -0.4 is 11.1 Å². The lowest BCUT2D eigenvalue weighted by Gasteiger charge is -2.14. The van der Waals surface area contributed by atoms with E-state index in [1.165, 1.54) is 0 Å². The number of nitrogens with one attached hydrogen (secondary N) is 1. The summed E-state index contributed by atoms with van der Waals surface area (Å²) in [7, 11) is 0. The summed E-state index contributed by atoms with van der Waals surface area (Å²) in [6.45, 7) is 3.25. The molecule has 1 aromatic carbocycles. The molecule has 0 saturated carbocycles. The maximum Gasteiger partial charge on any atom is 0.340 e. The lowest BCUT2D eigenvalue weighted by atomic mass is 10.1. The first-order chi connectivity index (χ1) is 10.1. The third-order valence-electron chi connectivity index (χ3n) is 2.81. The van der Waals surface area contributed by atoms with Gasteiger partial charge >= 0.3 is 5.97 Å². The summed E-state index contributed by atoms with van der Waals surface area (Å²) in [6.07, 6.45) is 3.57. The number of ether oxygens (including phenoxy) is 1. The number of hydrogen-bond acceptors (Lipinski definition) is 5. The highest BCUT2D eigenvalue weighted by Crippen LogP contribution is 2.29. The Kier molecular flexibility index (Phi) is 5.05. The summed E-state index contributed by atoms with van der Waals surface area (Å²) in [4.78, 5) is 12.0. The van der Waals surface area contributed by atoms with Gasteiger partial charge in [-0.2, -0.15) is 5.10 Å². The van der Waals surface area contributed by atoms with E-state index in [4.69, 9.17) is 22.1 Å². The fourth-order valence-electron chi connectivity index (χ4n) is 1.91. The van der Waals surface area contributed by atoms with Gasteiger partial charge in [-0.3, -0.25) is 4.68 Å². The van der Waals surface area contributed by atoms with Crippen molar-refractivity contribution in [1.82, 2.24) is 9.78 Å². The Balaban J connectivity index is 2.14. The van der Waals surface area contributed by atoms with Crippen molar-refractivity contribution in [3.63, 3.8) is 0 Å². The van der Waals surface area contributed by atoms with Crippen LogP contribution in [0, 0.1) is 0 Å². The normalized spacial score (nSPS) is 10.4. The first kappa shape index (κ1) is 15.2. The van der Waals surface area contributed by atoms with E-state index in [0.29, 0.717) is 35.1 Å². The van der Waals surface area contributed by atoms with Crippen LogP contribution in [-0.2, 0) is 11.3 Å². The molecule has 0 saturated heterocycles. The van der Waals surface area contributed by atoms with Gasteiger partial charge in [-0.15, -0.1) is 0 Å². The number of anilines is 2. The minimum atomic E-state index is -0.451. The Bertz CT molecular complexity index is 614. The van der Waals surface area contributed by atoms with Gasteiger partial charge in [-0.1, -0.05) is 11.6 Å². The van der Waals surface area contributed by atoms with Crippen LogP contribution in [0.3, 0.4) is 0 Å². The molecular formula is C14H17ClN4O2. The third-order valence-corrected chi connectivity index (χ3v) is 3.11. The zero-order chi connectivity index (χ0) is 15.2. The van der Waals surface area contributed by atoms with E-state index in [1.54, 1.807) is 29.9 Å². The molecule has 0 aliphatic heterocycles. The molecule has 1 aromatic heterocycles. The number of benzene rings is 1. The zero-order valence-corrected chi connectivity index (χ0v) is 12.4. The molecule has 0 unspecified atom stereocenters. The predicted molar refractivity (Wildman–Crippen MR) is 82.5 cm³/mol. The van der Waals surface area contributed by atoms with Crippen LogP contribution in [0.5, 0.6) is 0 Å². The first-order valence-corrected chi connectivity index (χ1v) is 6.97. The monoisotopic (exact) mass is 308 g/mol. The van der Waals surface area contributed by atoms with E-state index >= 15 is 0 Å². The van der Waals surface area contributed by atoms with Crippen LogP contribution >= 0.6 is 11.6 Å². The number of carbonyl (C=O) groups excluding carboxylic acids is 1. The molecule has 0 aliphatic rings. The summed E-state index contributed by atoms with van der Waals surface area (Å²) in [6, 6.07) is 5.00. The molecule has 0 atom stereocenters. The van der Waals surface area contributed by atoms with Crippen molar-refractivity contribution in [1.29, 1.82) is 0 Å². The zero-order valence-electron chi connectivity index (χ0n) is 11.7. The second-order valence-corrected chi connectivity index (χ2v) is 4.75. The van der Waals surface area contributed by atoms with Gasteiger partial charge in [-0.05, 0) is 25.1 Å². The molecule has 0 amide bonds. The molecule has 1 heterocycles. The molecule has 0 spiro atoms. The number of hydrogen-bond donors (Lipinski definition) is 2. The Morgan fingerprint density at radius 2 is 2.33 bits per heavy atom. The molecule has 21 heavy (non-hydrogen) atoms. The Labute approximate surface area is 127 Å². The standard InChI is InChI=1S/C14H17ClN4O2/c1-2-21-14(20)11-8-10(16)9-12(15)13(11)17-5-7-19-6-3-4-18-19/h3-4,6,8-9,17H,2,5,7,16H2,1H3.